The molecule has 1 aromatic heterocycles. The van der Waals surface area contributed by atoms with E-state index < -0.39 is 10.0 Å². The summed E-state index contributed by atoms with van der Waals surface area (Å²) in [6.07, 6.45) is 3.10. The minimum atomic E-state index is -3.42. The van der Waals surface area contributed by atoms with Crippen LogP contribution in [0.25, 0.3) is 0 Å². The number of anilines is 5. The fourth-order valence-corrected chi connectivity index (χ4v) is 4.11. The van der Waals surface area contributed by atoms with Crippen LogP contribution >= 0.6 is 0 Å². The van der Waals surface area contributed by atoms with Crippen LogP contribution in [0.5, 0.6) is 0 Å². The summed E-state index contributed by atoms with van der Waals surface area (Å²) in [5.41, 5.74) is 2.81. The van der Waals surface area contributed by atoms with Gasteiger partial charge < -0.3 is 20.3 Å². The summed E-state index contributed by atoms with van der Waals surface area (Å²) in [6.45, 7) is 2.44. The van der Waals surface area contributed by atoms with Crippen molar-refractivity contribution in [3.63, 3.8) is 0 Å². The smallest absolute Gasteiger partial charge is 0.232 e. The predicted molar refractivity (Wildman–Crippen MR) is 136 cm³/mol. The lowest BCUT2D eigenvalue weighted by atomic mass is 10.1. The highest BCUT2D eigenvalue weighted by Crippen LogP contribution is 2.29. The number of sulfonamides is 1. The number of hydrogen-bond acceptors (Lipinski definition) is 8. The first-order chi connectivity index (χ1) is 16.8. The molecule has 2 aromatic carbocycles. The maximum atomic E-state index is 12.4. The van der Waals surface area contributed by atoms with E-state index in [1.165, 1.54) is 11.4 Å². The van der Waals surface area contributed by atoms with Gasteiger partial charge in [-0.25, -0.2) is 13.4 Å². The van der Waals surface area contributed by atoms with Crippen LogP contribution in [-0.2, 0) is 26.0 Å². The average Bonchev–Trinajstić information content (AvgIpc) is 2.85. The van der Waals surface area contributed by atoms with Crippen molar-refractivity contribution in [1.82, 2.24) is 14.9 Å². The lowest BCUT2D eigenvalue weighted by Gasteiger charge is -2.26. The lowest BCUT2D eigenvalue weighted by molar-refractivity contribution is -0.134. The highest BCUT2D eigenvalue weighted by Gasteiger charge is 2.17. The zero-order chi connectivity index (χ0) is 24.8. The Balaban J connectivity index is 1.42. The molecule has 11 heteroatoms. The van der Waals surface area contributed by atoms with Gasteiger partial charge in [0, 0.05) is 32.0 Å². The van der Waals surface area contributed by atoms with Crippen molar-refractivity contribution >= 4 is 44.8 Å². The standard InChI is InChI=1S/C24H28N6O4S/c1-29(35(2,32)33)21-6-4-3-5-20(21)27-22-11-12-25-24(28-22)26-19-9-7-18(8-10-19)17-23(31)30-13-15-34-16-14-30/h3-12H,13-17H2,1-2H3,(H2,25,26,27,28). The molecule has 2 N–H and O–H groups in total. The highest BCUT2D eigenvalue weighted by molar-refractivity contribution is 7.92. The van der Waals surface area contributed by atoms with Crippen LogP contribution in [-0.4, -0.2) is 68.8 Å². The van der Waals surface area contributed by atoms with Gasteiger partial charge in [0.2, 0.25) is 21.9 Å². The third kappa shape index (κ3) is 6.46. The Morgan fingerprint density at radius 1 is 1.06 bits per heavy atom. The van der Waals surface area contributed by atoms with Gasteiger partial charge in [0.1, 0.15) is 5.82 Å². The molecule has 0 aliphatic carbocycles. The number of morpholine rings is 1. The van der Waals surface area contributed by atoms with Crippen molar-refractivity contribution in [1.29, 1.82) is 0 Å². The largest absolute Gasteiger partial charge is 0.378 e. The predicted octanol–water partition coefficient (Wildman–Crippen LogP) is 2.76. The number of para-hydroxylation sites is 2. The Hall–Kier alpha value is -3.70. The van der Waals surface area contributed by atoms with Gasteiger partial charge in [0.25, 0.3) is 0 Å². The SMILES string of the molecule is CN(c1ccccc1Nc1ccnc(Nc2ccc(CC(=O)N3CCOCC3)cc2)n1)S(C)(=O)=O. The summed E-state index contributed by atoms with van der Waals surface area (Å²) in [5.74, 6) is 0.976. The second-order valence-corrected chi connectivity index (χ2v) is 10.1. The van der Waals surface area contributed by atoms with Crippen LogP contribution in [0.4, 0.5) is 28.8 Å². The Morgan fingerprint density at radius 2 is 1.77 bits per heavy atom. The summed E-state index contributed by atoms with van der Waals surface area (Å²) < 4.78 is 30.5. The summed E-state index contributed by atoms with van der Waals surface area (Å²) >= 11 is 0. The van der Waals surface area contributed by atoms with Gasteiger partial charge >= 0.3 is 0 Å². The fourth-order valence-electron chi connectivity index (χ4n) is 3.59. The molecule has 0 saturated carbocycles. The molecule has 0 unspecified atom stereocenters. The molecule has 1 saturated heterocycles. The number of ether oxygens (including phenoxy) is 1. The third-order valence-corrected chi connectivity index (χ3v) is 6.78. The average molecular weight is 497 g/mol. The minimum Gasteiger partial charge on any atom is -0.378 e. The molecule has 10 nitrogen and oxygen atoms in total. The summed E-state index contributed by atoms with van der Waals surface area (Å²) in [7, 11) is -1.92. The quantitative estimate of drug-likeness (QED) is 0.489. The molecule has 1 fully saturated rings. The Labute approximate surface area is 205 Å². The number of carbonyl (C=O) groups excluding carboxylic acids is 1. The van der Waals surface area contributed by atoms with E-state index in [4.69, 9.17) is 4.74 Å². The van der Waals surface area contributed by atoms with E-state index in [2.05, 4.69) is 20.6 Å². The second kappa shape index (κ2) is 10.7. The first-order valence-electron chi connectivity index (χ1n) is 11.1. The molecular formula is C24H28N6O4S. The molecule has 4 rings (SSSR count). The maximum absolute atomic E-state index is 12.4. The van der Waals surface area contributed by atoms with Gasteiger partial charge in [-0.05, 0) is 35.9 Å². The van der Waals surface area contributed by atoms with Gasteiger partial charge in [-0.3, -0.25) is 9.10 Å². The van der Waals surface area contributed by atoms with Crippen LogP contribution in [0, 0.1) is 0 Å². The van der Waals surface area contributed by atoms with Crippen LogP contribution < -0.4 is 14.9 Å². The molecule has 0 radical (unpaired) electrons. The number of amides is 1. The number of rotatable bonds is 8. The van der Waals surface area contributed by atoms with Gasteiger partial charge in [0.05, 0.1) is 37.3 Å². The maximum Gasteiger partial charge on any atom is 0.232 e. The highest BCUT2D eigenvalue weighted by atomic mass is 32.2. The molecular weight excluding hydrogens is 468 g/mol. The summed E-state index contributed by atoms with van der Waals surface area (Å²) in [4.78, 5) is 23.0. The van der Waals surface area contributed by atoms with E-state index in [9.17, 15) is 13.2 Å². The lowest BCUT2D eigenvalue weighted by Crippen LogP contribution is -2.41. The minimum absolute atomic E-state index is 0.0953. The Morgan fingerprint density at radius 3 is 2.49 bits per heavy atom. The molecule has 0 atom stereocenters. The molecule has 0 bridgehead atoms. The van der Waals surface area contributed by atoms with Gasteiger partial charge in [0.15, 0.2) is 0 Å². The Kier molecular flexibility index (Phi) is 7.47. The van der Waals surface area contributed by atoms with E-state index in [-0.39, 0.29) is 5.91 Å². The Bertz CT molecular complexity index is 1280. The van der Waals surface area contributed by atoms with E-state index in [0.29, 0.717) is 55.9 Å². The van der Waals surface area contributed by atoms with Crippen molar-refractivity contribution in [2.24, 2.45) is 0 Å². The molecule has 1 aliphatic rings. The number of nitrogens with zero attached hydrogens (tertiary/aromatic N) is 4. The second-order valence-electron chi connectivity index (χ2n) is 8.13. The van der Waals surface area contributed by atoms with Crippen molar-refractivity contribution in [2.45, 2.75) is 6.42 Å². The summed E-state index contributed by atoms with van der Waals surface area (Å²) in [6, 6.07) is 16.3. The van der Waals surface area contributed by atoms with Crippen LogP contribution in [0.15, 0.2) is 60.8 Å². The van der Waals surface area contributed by atoms with Gasteiger partial charge in [-0.1, -0.05) is 24.3 Å². The molecule has 35 heavy (non-hydrogen) atoms. The van der Waals surface area contributed by atoms with Crippen molar-refractivity contribution in [3.05, 3.63) is 66.4 Å². The zero-order valence-corrected chi connectivity index (χ0v) is 20.5. The topological polar surface area (TPSA) is 117 Å². The van der Waals surface area contributed by atoms with Gasteiger partial charge in [-0.2, -0.15) is 4.98 Å². The number of nitrogens with one attached hydrogen (secondary N) is 2. The van der Waals surface area contributed by atoms with E-state index in [0.717, 1.165) is 17.5 Å². The summed E-state index contributed by atoms with van der Waals surface area (Å²) in [5, 5.41) is 6.32. The third-order valence-electron chi connectivity index (χ3n) is 5.59. The van der Waals surface area contributed by atoms with E-state index in [1.54, 1.807) is 30.5 Å². The molecule has 3 aromatic rings. The van der Waals surface area contributed by atoms with E-state index >= 15 is 0 Å². The number of aromatic nitrogens is 2. The molecule has 2 heterocycles. The van der Waals surface area contributed by atoms with Crippen molar-refractivity contribution in [2.75, 3.05) is 54.5 Å². The number of carbonyl (C=O) groups is 1. The first kappa shape index (κ1) is 24.4. The molecule has 184 valence electrons. The fraction of sp³-hybridized carbons (Fsp3) is 0.292. The number of benzene rings is 2. The van der Waals surface area contributed by atoms with Gasteiger partial charge in [-0.15, -0.1) is 0 Å². The van der Waals surface area contributed by atoms with Crippen molar-refractivity contribution in [3.8, 4) is 0 Å². The molecule has 1 amide bonds. The van der Waals surface area contributed by atoms with Crippen LogP contribution in [0.1, 0.15) is 5.56 Å². The zero-order valence-electron chi connectivity index (χ0n) is 19.6. The first-order valence-corrected chi connectivity index (χ1v) is 13.0. The monoisotopic (exact) mass is 496 g/mol. The molecule has 1 aliphatic heterocycles. The van der Waals surface area contributed by atoms with Crippen molar-refractivity contribution < 1.29 is 17.9 Å². The normalized spacial score (nSPS) is 13.8. The number of hydrogen-bond donors (Lipinski definition) is 2. The van der Waals surface area contributed by atoms with E-state index in [1.807, 2.05) is 35.2 Å². The van der Waals surface area contributed by atoms with Crippen LogP contribution in [0.2, 0.25) is 0 Å². The molecule has 0 spiro atoms. The van der Waals surface area contributed by atoms with Crippen LogP contribution in [0.3, 0.4) is 0 Å².